The minimum Gasteiger partial charge on any atom is -0.504 e. The quantitative estimate of drug-likeness (QED) is 0.627. The Morgan fingerprint density at radius 1 is 1.22 bits per heavy atom. The van der Waals surface area contributed by atoms with Crippen LogP contribution in [0.2, 0.25) is 0 Å². The maximum absolute atomic E-state index is 12.1. The second-order valence-corrected chi connectivity index (χ2v) is 6.49. The molecule has 0 aliphatic carbocycles. The molecule has 0 amide bonds. The summed E-state index contributed by atoms with van der Waals surface area (Å²) in [5, 5.41) is 13.4. The molecule has 23 heavy (non-hydrogen) atoms. The summed E-state index contributed by atoms with van der Waals surface area (Å²) in [5.41, 5.74) is 1.57. The van der Waals surface area contributed by atoms with E-state index in [0.717, 1.165) is 5.56 Å². The fourth-order valence-electron chi connectivity index (χ4n) is 1.82. The average Bonchev–Trinajstić information content (AvgIpc) is 2.51. The zero-order chi connectivity index (χ0) is 16.9. The molecule has 6 nitrogen and oxygen atoms in total. The number of ether oxygens (including phenoxy) is 1. The van der Waals surface area contributed by atoms with Crippen molar-refractivity contribution < 1.29 is 18.3 Å². The Bertz CT molecular complexity index is 799. The Labute approximate surface area is 135 Å². The summed E-state index contributed by atoms with van der Waals surface area (Å²) in [6.45, 7) is 4.09. The molecule has 0 unspecified atom stereocenters. The SMILES string of the molecule is CCOc1cc(/C=N/NS(=O)(=O)c2ccc(C)cc2)ccc1O. The second kappa shape index (κ2) is 7.15. The molecular formula is C16H18N2O4S. The Kier molecular flexibility index (Phi) is 5.23. The van der Waals surface area contributed by atoms with Gasteiger partial charge in [0, 0.05) is 0 Å². The van der Waals surface area contributed by atoms with Crippen molar-refractivity contribution in [2.75, 3.05) is 6.61 Å². The van der Waals surface area contributed by atoms with Crippen LogP contribution in [-0.4, -0.2) is 26.3 Å². The molecule has 0 aromatic heterocycles. The van der Waals surface area contributed by atoms with Gasteiger partial charge in [0.1, 0.15) is 0 Å². The van der Waals surface area contributed by atoms with E-state index < -0.39 is 10.0 Å². The van der Waals surface area contributed by atoms with Crippen LogP contribution in [0.15, 0.2) is 52.5 Å². The van der Waals surface area contributed by atoms with E-state index in [-0.39, 0.29) is 10.6 Å². The molecule has 122 valence electrons. The van der Waals surface area contributed by atoms with E-state index in [4.69, 9.17) is 4.74 Å². The lowest BCUT2D eigenvalue weighted by Gasteiger charge is -2.06. The van der Waals surface area contributed by atoms with Crippen LogP contribution in [0.4, 0.5) is 0 Å². The van der Waals surface area contributed by atoms with Crippen LogP contribution < -0.4 is 9.57 Å². The topological polar surface area (TPSA) is 88.0 Å². The fraction of sp³-hybridized carbons (Fsp3) is 0.188. The maximum atomic E-state index is 12.1. The number of rotatable bonds is 6. The highest BCUT2D eigenvalue weighted by molar-refractivity contribution is 7.89. The van der Waals surface area contributed by atoms with Gasteiger partial charge in [0.2, 0.25) is 0 Å². The highest BCUT2D eigenvalue weighted by atomic mass is 32.2. The number of aromatic hydroxyl groups is 1. The van der Waals surface area contributed by atoms with Gasteiger partial charge >= 0.3 is 0 Å². The smallest absolute Gasteiger partial charge is 0.276 e. The molecule has 0 atom stereocenters. The van der Waals surface area contributed by atoms with Crippen molar-refractivity contribution in [2.45, 2.75) is 18.7 Å². The first-order valence-electron chi connectivity index (χ1n) is 6.99. The largest absolute Gasteiger partial charge is 0.504 e. The number of phenols is 1. The summed E-state index contributed by atoms with van der Waals surface area (Å²) in [6, 6.07) is 11.1. The third kappa shape index (κ3) is 4.46. The normalized spacial score (nSPS) is 11.6. The molecule has 0 saturated carbocycles. The third-order valence-electron chi connectivity index (χ3n) is 3.00. The van der Waals surface area contributed by atoms with Gasteiger partial charge in [-0.2, -0.15) is 13.5 Å². The molecule has 0 saturated heterocycles. The molecule has 2 aromatic rings. The summed E-state index contributed by atoms with van der Waals surface area (Å²) in [4.78, 5) is 2.29. The zero-order valence-electron chi connectivity index (χ0n) is 12.9. The van der Waals surface area contributed by atoms with E-state index in [0.29, 0.717) is 17.9 Å². The van der Waals surface area contributed by atoms with E-state index in [2.05, 4.69) is 9.93 Å². The first-order chi connectivity index (χ1) is 10.9. The average molecular weight is 334 g/mol. The predicted octanol–water partition coefficient (Wildman–Crippen LogP) is 2.41. The van der Waals surface area contributed by atoms with Gasteiger partial charge in [0.05, 0.1) is 17.7 Å². The summed E-state index contributed by atoms with van der Waals surface area (Å²) < 4.78 is 29.4. The number of sulfonamides is 1. The molecule has 0 heterocycles. The van der Waals surface area contributed by atoms with E-state index in [1.165, 1.54) is 24.4 Å². The van der Waals surface area contributed by atoms with Crippen molar-refractivity contribution in [2.24, 2.45) is 5.10 Å². The predicted molar refractivity (Wildman–Crippen MR) is 88.4 cm³/mol. The first-order valence-corrected chi connectivity index (χ1v) is 8.48. The van der Waals surface area contributed by atoms with Crippen molar-refractivity contribution in [3.63, 3.8) is 0 Å². The van der Waals surface area contributed by atoms with Crippen molar-refractivity contribution in [3.8, 4) is 11.5 Å². The maximum Gasteiger partial charge on any atom is 0.276 e. The molecule has 0 aliphatic rings. The molecule has 0 bridgehead atoms. The zero-order valence-corrected chi connectivity index (χ0v) is 13.7. The molecule has 2 aromatic carbocycles. The lowest BCUT2D eigenvalue weighted by Crippen LogP contribution is -2.18. The molecule has 0 spiro atoms. The monoisotopic (exact) mass is 334 g/mol. The Hall–Kier alpha value is -2.54. The van der Waals surface area contributed by atoms with Crippen LogP contribution in [0, 0.1) is 6.92 Å². The van der Waals surface area contributed by atoms with Gasteiger partial charge in [-0.3, -0.25) is 0 Å². The van der Waals surface area contributed by atoms with Crippen molar-refractivity contribution >= 4 is 16.2 Å². The lowest BCUT2D eigenvalue weighted by atomic mass is 10.2. The number of benzene rings is 2. The van der Waals surface area contributed by atoms with E-state index in [1.807, 2.05) is 6.92 Å². The van der Waals surface area contributed by atoms with E-state index >= 15 is 0 Å². The van der Waals surface area contributed by atoms with Gasteiger partial charge in [-0.1, -0.05) is 17.7 Å². The molecule has 2 rings (SSSR count). The number of hydrogen-bond donors (Lipinski definition) is 2. The van der Waals surface area contributed by atoms with Crippen LogP contribution in [0.25, 0.3) is 0 Å². The van der Waals surface area contributed by atoms with Crippen LogP contribution >= 0.6 is 0 Å². The van der Waals surface area contributed by atoms with E-state index in [1.54, 1.807) is 31.2 Å². The van der Waals surface area contributed by atoms with Gasteiger partial charge in [0.15, 0.2) is 11.5 Å². The number of phenolic OH excluding ortho intramolecular Hbond substituents is 1. The number of hydrogen-bond acceptors (Lipinski definition) is 5. The van der Waals surface area contributed by atoms with Gasteiger partial charge in [-0.15, -0.1) is 0 Å². The molecule has 0 fully saturated rings. The Balaban J connectivity index is 2.12. The van der Waals surface area contributed by atoms with E-state index in [9.17, 15) is 13.5 Å². The summed E-state index contributed by atoms with van der Waals surface area (Å²) in [5.74, 6) is 0.335. The lowest BCUT2D eigenvalue weighted by molar-refractivity contribution is 0.318. The molecule has 0 aliphatic heterocycles. The minimum atomic E-state index is -3.70. The molecule has 2 N–H and O–H groups in total. The van der Waals surface area contributed by atoms with Crippen LogP contribution in [-0.2, 0) is 10.0 Å². The fourth-order valence-corrected chi connectivity index (χ4v) is 2.61. The Morgan fingerprint density at radius 2 is 1.91 bits per heavy atom. The highest BCUT2D eigenvalue weighted by Gasteiger charge is 2.11. The summed E-state index contributed by atoms with van der Waals surface area (Å²) in [7, 11) is -3.70. The minimum absolute atomic E-state index is 0.0178. The number of aryl methyl sites for hydroxylation is 1. The van der Waals surface area contributed by atoms with Crippen molar-refractivity contribution in [1.29, 1.82) is 0 Å². The van der Waals surface area contributed by atoms with Gasteiger partial charge in [-0.25, -0.2) is 4.83 Å². The number of nitrogens with zero attached hydrogens (tertiary/aromatic N) is 1. The van der Waals surface area contributed by atoms with Gasteiger partial charge in [0.25, 0.3) is 10.0 Å². The second-order valence-electron chi connectivity index (χ2n) is 4.83. The van der Waals surface area contributed by atoms with Gasteiger partial charge < -0.3 is 9.84 Å². The standard InChI is InChI=1S/C16H18N2O4S/c1-3-22-16-10-13(6-9-15(16)19)11-17-18-23(20,21)14-7-4-12(2)5-8-14/h4-11,18-19H,3H2,1-2H3/b17-11+. The molecular weight excluding hydrogens is 316 g/mol. The van der Waals surface area contributed by atoms with Gasteiger partial charge in [-0.05, 0) is 49.7 Å². The molecule has 7 heteroatoms. The van der Waals surface area contributed by atoms with Crippen molar-refractivity contribution in [3.05, 3.63) is 53.6 Å². The third-order valence-corrected chi connectivity index (χ3v) is 4.24. The summed E-state index contributed by atoms with van der Waals surface area (Å²) in [6.07, 6.45) is 1.34. The summed E-state index contributed by atoms with van der Waals surface area (Å²) >= 11 is 0. The van der Waals surface area contributed by atoms with Crippen LogP contribution in [0.5, 0.6) is 11.5 Å². The molecule has 0 radical (unpaired) electrons. The number of hydrazone groups is 1. The number of nitrogens with one attached hydrogen (secondary N) is 1. The Morgan fingerprint density at radius 3 is 2.57 bits per heavy atom. The highest BCUT2D eigenvalue weighted by Crippen LogP contribution is 2.26. The first kappa shape index (κ1) is 16.8. The van der Waals surface area contributed by atoms with Crippen LogP contribution in [0.1, 0.15) is 18.1 Å². The van der Waals surface area contributed by atoms with Crippen molar-refractivity contribution in [1.82, 2.24) is 4.83 Å². The van der Waals surface area contributed by atoms with Crippen LogP contribution in [0.3, 0.4) is 0 Å².